The number of hydrogen-bond donors (Lipinski definition) is 1. The van der Waals surface area contributed by atoms with E-state index in [4.69, 9.17) is 23.2 Å². The number of carbonyl (C=O) groups excluding carboxylic acids is 2. The standard InChI is InChI=1S/C30H32Cl2F3N3O4S/c1-29(2,3)36-28(40)26(16-20-8-6-5-7-9-20)37(18-21-10-12-22(31)13-11-21)27(39)19-38(43(4,41)42)23-14-15-25(32)24(17-23)30(33,34)35/h5-15,17,26H,16,18-19H2,1-4H3,(H,36,40)/t26-/m1/s1. The Bertz CT molecular complexity index is 1550. The maximum atomic E-state index is 14.1. The van der Waals surface area contributed by atoms with E-state index >= 15 is 0 Å². The second-order valence-electron chi connectivity index (χ2n) is 11.0. The number of rotatable bonds is 10. The molecule has 0 radical (unpaired) electrons. The number of amides is 2. The van der Waals surface area contributed by atoms with Gasteiger partial charge in [-0.3, -0.25) is 13.9 Å². The quantitative estimate of drug-likeness (QED) is 0.276. The van der Waals surface area contributed by atoms with Crippen LogP contribution in [0.3, 0.4) is 0 Å². The maximum absolute atomic E-state index is 14.1. The van der Waals surface area contributed by atoms with Gasteiger partial charge in [0.25, 0.3) is 0 Å². The van der Waals surface area contributed by atoms with E-state index in [0.717, 1.165) is 24.0 Å². The molecule has 0 saturated heterocycles. The van der Waals surface area contributed by atoms with E-state index in [1.54, 1.807) is 75.4 Å². The maximum Gasteiger partial charge on any atom is 0.417 e. The van der Waals surface area contributed by atoms with E-state index in [9.17, 15) is 31.2 Å². The van der Waals surface area contributed by atoms with Crippen molar-refractivity contribution in [3.8, 4) is 0 Å². The Labute approximate surface area is 259 Å². The number of anilines is 1. The highest BCUT2D eigenvalue weighted by molar-refractivity contribution is 7.92. The molecule has 232 valence electrons. The van der Waals surface area contributed by atoms with Crippen LogP contribution in [0, 0.1) is 0 Å². The lowest BCUT2D eigenvalue weighted by Crippen LogP contribution is -2.56. The van der Waals surface area contributed by atoms with E-state index < -0.39 is 62.4 Å². The van der Waals surface area contributed by atoms with Crippen LogP contribution in [0.4, 0.5) is 18.9 Å². The van der Waals surface area contributed by atoms with Gasteiger partial charge in [0.15, 0.2) is 0 Å². The van der Waals surface area contributed by atoms with Gasteiger partial charge in [-0.05, 0) is 62.2 Å². The summed E-state index contributed by atoms with van der Waals surface area (Å²) in [7, 11) is -4.28. The van der Waals surface area contributed by atoms with E-state index in [1.165, 1.54) is 4.90 Å². The second-order valence-corrected chi connectivity index (χ2v) is 13.8. The molecule has 3 aromatic carbocycles. The average molecular weight is 659 g/mol. The Hall–Kier alpha value is -3.28. The fourth-order valence-electron chi connectivity index (χ4n) is 4.29. The fourth-order valence-corrected chi connectivity index (χ4v) is 5.48. The van der Waals surface area contributed by atoms with Crippen LogP contribution in [-0.4, -0.2) is 49.5 Å². The smallest absolute Gasteiger partial charge is 0.350 e. The van der Waals surface area contributed by atoms with E-state index in [2.05, 4.69) is 5.32 Å². The predicted molar refractivity (Wildman–Crippen MR) is 162 cm³/mol. The zero-order chi connectivity index (χ0) is 32.2. The van der Waals surface area contributed by atoms with Crippen molar-refractivity contribution < 1.29 is 31.2 Å². The summed E-state index contributed by atoms with van der Waals surface area (Å²) in [5.74, 6) is -1.30. The molecule has 0 bridgehead atoms. The minimum absolute atomic E-state index is 0.0835. The highest BCUT2D eigenvalue weighted by atomic mass is 35.5. The first-order chi connectivity index (χ1) is 19.8. The Balaban J connectivity index is 2.11. The molecule has 7 nitrogen and oxygen atoms in total. The van der Waals surface area contributed by atoms with Crippen LogP contribution in [0.15, 0.2) is 72.8 Å². The van der Waals surface area contributed by atoms with Crippen molar-refractivity contribution >= 4 is 50.7 Å². The number of alkyl halides is 3. The van der Waals surface area contributed by atoms with Crippen LogP contribution in [0.5, 0.6) is 0 Å². The first-order valence-corrected chi connectivity index (χ1v) is 15.7. The third-order valence-electron chi connectivity index (χ3n) is 6.26. The average Bonchev–Trinajstić information content (AvgIpc) is 2.89. The molecule has 43 heavy (non-hydrogen) atoms. The van der Waals surface area contributed by atoms with Crippen molar-refractivity contribution in [1.82, 2.24) is 10.2 Å². The lowest BCUT2D eigenvalue weighted by atomic mass is 10.0. The number of carbonyl (C=O) groups is 2. The lowest BCUT2D eigenvalue weighted by molar-refractivity contribution is -0.140. The number of nitrogens with zero attached hydrogens (tertiary/aromatic N) is 2. The van der Waals surface area contributed by atoms with Gasteiger partial charge in [0, 0.05) is 23.5 Å². The monoisotopic (exact) mass is 657 g/mol. The molecule has 0 aliphatic heterocycles. The third kappa shape index (κ3) is 9.87. The van der Waals surface area contributed by atoms with Gasteiger partial charge < -0.3 is 10.2 Å². The summed E-state index contributed by atoms with van der Waals surface area (Å²) in [6.45, 7) is 4.34. The fraction of sp³-hybridized carbons (Fsp3) is 0.333. The number of sulfonamides is 1. The number of nitrogens with one attached hydrogen (secondary N) is 1. The largest absolute Gasteiger partial charge is 0.417 e. The van der Waals surface area contributed by atoms with Crippen LogP contribution in [0.1, 0.15) is 37.5 Å². The number of halogens is 5. The zero-order valence-electron chi connectivity index (χ0n) is 24.0. The van der Waals surface area contributed by atoms with Crippen molar-refractivity contribution in [2.45, 2.75) is 51.5 Å². The third-order valence-corrected chi connectivity index (χ3v) is 7.98. The summed E-state index contributed by atoms with van der Waals surface area (Å²) in [4.78, 5) is 29.0. The van der Waals surface area contributed by atoms with Crippen molar-refractivity contribution in [1.29, 1.82) is 0 Å². The molecular formula is C30H32Cl2F3N3O4S. The molecule has 0 saturated carbocycles. The summed E-state index contributed by atoms with van der Waals surface area (Å²) >= 11 is 11.8. The zero-order valence-corrected chi connectivity index (χ0v) is 26.3. The summed E-state index contributed by atoms with van der Waals surface area (Å²) < 4.78 is 67.1. The van der Waals surface area contributed by atoms with Crippen LogP contribution < -0.4 is 9.62 Å². The topological polar surface area (TPSA) is 86.8 Å². The van der Waals surface area contributed by atoms with Gasteiger partial charge in [-0.1, -0.05) is 65.7 Å². The summed E-state index contributed by atoms with van der Waals surface area (Å²) in [5.41, 5.74) is -0.999. The van der Waals surface area contributed by atoms with Gasteiger partial charge in [0.2, 0.25) is 21.8 Å². The molecule has 3 rings (SSSR count). The van der Waals surface area contributed by atoms with Gasteiger partial charge in [-0.25, -0.2) is 8.42 Å². The molecule has 0 heterocycles. The lowest BCUT2D eigenvalue weighted by Gasteiger charge is -2.35. The molecule has 0 aliphatic rings. The van der Waals surface area contributed by atoms with Gasteiger partial charge in [-0.15, -0.1) is 0 Å². The molecule has 3 aromatic rings. The molecule has 2 amide bonds. The summed E-state index contributed by atoms with van der Waals surface area (Å²) in [6.07, 6.45) is -4.01. The van der Waals surface area contributed by atoms with E-state index in [0.29, 0.717) is 21.0 Å². The minimum atomic E-state index is -4.87. The molecule has 0 aromatic heterocycles. The normalized spacial score (nSPS) is 12.9. The highest BCUT2D eigenvalue weighted by Crippen LogP contribution is 2.37. The molecule has 1 atom stereocenters. The predicted octanol–water partition coefficient (Wildman–Crippen LogP) is 6.33. The number of hydrogen-bond acceptors (Lipinski definition) is 4. The Kier molecular flexibility index (Phi) is 10.8. The van der Waals surface area contributed by atoms with Gasteiger partial charge in [0.1, 0.15) is 12.6 Å². The van der Waals surface area contributed by atoms with Gasteiger partial charge in [0.05, 0.1) is 22.5 Å². The molecule has 0 spiro atoms. The second kappa shape index (κ2) is 13.6. The minimum Gasteiger partial charge on any atom is -0.350 e. The van der Waals surface area contributed by atoms with Crippen LogP contribution in [0.2, 0.25) is 10.0 Å². The first-order valence-electron chi connectivity index (χ1n) is 13.1. The molecular weight excluding hydrogens is 626 g/mol. The van der Waals surface area contributed by atoms with Crippen LogP contribution in [0.25, 0.3) is 0 Å². The Morgan fingerprint density at radius 1 is 0.907 bits per heavy atom. The van der Waals surface area contributed by atoms with Crippen LogP contribution in [-0.2, 0) is 38.8 Å². The molecule has 0 aliphatic carbocycles. The van der Waals surface area contributed by atoms with E-state index in [1.807, 2.05) is 0 Å². The number of benzene rings is 3. The van der Waals surface area contributed by atoms with Crippen molar-refractivity contribution in [2.24, 2.45) is 0 Å². The summed E-state index contributed by atoms with van der Waals surface area (Å²) in [6, 6.07) is 17.0. The Morgan fingerprint density at radius 2 is 1.51 bits per heavy atom. The summed E-state index contributed by atoms with van der Waals surface area (Å²) in [5, 5.41) is 2.71. The molecule has 13 heteroatoms. The highest BCUT2D eigenvalue weighted by Gasteiger charge is 2.37. The van der Waals surface area contributed by atoms with E-state index in [-0.39, 0.29) is 13.0 Å². The van der Waals surface area contributed by atoms with Gasteiger partial charge in [-0.2, -0.15) is 13.2 Å². The molecule has 1 N–H and O–H groups in total. The Morgan fingerprint density at radius 3 is 2.05 bits per heavy atom. The van der Waals surface area contributed by atoms with Crippen molar-refractivity contribution in [3.63, 3.8) is 0 Å². The van der Waals surface area contributed by atoms with Crippen LogP contribution >= 0.6 is 23.2 Å². The van der Waals surface area contributed by atoms with Gasteiger partial charge >= 0.3 is 6.18 Å². The first kappa shape index (κ1) is 34.2. The van der Waals surface area contributed by atoms with Crippen molar-refractivity contribution in [2.75, 3.05) is 17.1 Å². The molecule has 0 unspecified atom stereocenters. The van der Waals surface area contributed by atoms with Crippen molar-refractivity contribution in [3.05, 3.63) is 99.5 Å². The SMILES string of the molecule is CC(C)(C)NC(=O)[C@@H](Cc1ccccc1)N(Cc1ccc(Cl)cc1)C(=O)CN(c1ccc(Cl)c(C(F)(F)F)c1)S(C)(=O)=O. The molecule has 0 fully saturated rings.